The van der Waals surface area contributed by atoms with Crippen molar-refractivity contribution in [2.75, 3.05) is 13.2 Å². The molecule has 9 heteroatoms. The van der Waals surface area contributed by atoms with E-state index in [1.807, 2.05) is 0 Å². The van der Waals surface area contributed by atoms with Gasteiger partial charge in [-0.05, 0) is 54.5 Å². The second-order valence-electron chi connectivity index (χ2n) is 7.79. The van der Waals surface area contributed by atoms with E-state index >= 15 is 0 Å². The Kier molecular flexibility index (Phi) is 7.27. The maximum absolute atomic E-state index is 14.6. The minimum absolute atomic E-state index is 0.0162. The average molecular weight is 412 g/mol. The fourth-order valence-corrected chi connectivity index (χ4v) is 2.83. The summed E-state index contributed by atoms with van der Waals surface area (Å²) in [6.45, 7) is 10.8. The van der Waals surface area contributed by atoms with Gasteiger partial charge in [-0.15, -0.1) is 0 Å². The van der Waals surface area contributed by atoms with Gasteiger partial charge >= 0.3 is 12.1 Å². The van der Waals surface area contributed by atoms with Crippen molar-refractivity contribution < 1.29 is 32.6 Å². The maximum atomic E-state index is 14.6. The number of esters is 1. The number of nitrogens with zero attached hydrogens (tertiary/aromatic N) is 1. The molecule has 0 N–H and O–H groups in total. The minimum Gasteiger partial charge on any atom is -0.466 e. The number of hydrogen-bond acceptors (Lipinski definition) is 5. The lowest BCUT2D eigenvalue weighted by molar-refractivity contribution is -0.157. The summed E-state index contributed by atoms with van der Waals surface area (Å²) >= 11 is 5.86. The van der Waals surface area contributed by atoms with E-state index in [-0.39, 0.29) is 13.2 Å². The molecule has 0 saturated carbocycles. The van der Waals surface area contributed by atoms with Crippen molar-refractivity contribution in [3.8, 4) is 0 Å². The molecular formula is C18H28ClF2NO5. The number of allylic oxidation sites excluding steroid dienone is 1. The predicted octanol–water partition coefficient (Wildman–Crippen LogP) is 4.32. The van der Waals surface area contributed by atoms with Crippen molar-refractivity contribution >= 4 is 23.7 Å². The normalized spacial score (nSPS) is 21.8. The maximum Gasteiger partial charge on any atom is 0.413 e. The van der Waals surface area contributed by atoms with Crippen molar-refractivity contribution in [1.29, 1.82) is 0 Å². The predicted molar refractivity (Wildman–Crippen MR) is 96.6 cm³/mol. The molecule has 1 saturated heterocycles. The number of halogens is 3. The quantitative estimate of drug-likeness (QED) is 0.630. The van der Waals surface area contributed by atoms with Crippen LogP contribution >= 0.6 is 11.6 Å². The van der Waals surface area contributed by atoms with Crippen LogP contribution in [0.5, 0.6) is 0 Å². The highest BCUT2D eigenvalue weighted by atomic mass is 35.5. The third kappa shape index (κ3) is 5.78. The van der Waals surface area contributed by atoms with Crippen LogP contribution in [0.25, 0.3) is 0 Å². The molecule has 1 rings (SSSR count). The molecular weight excluding hydrogens is 384 g/mol. The molecule has 27 heavy (non-hydrogen) atoms. The third-order valence-electron chi connectivity index (χ3n) is 3.95. The largest absolute Gasteiger partial charge is 0.466 e. The smallest absolute Gasteiger partial charge is 0.413 e. The van der Waals surface area contributed by atoms with E-state index in [1.54, 1.807) is 34.6 Å². The van der Waals surface area contributed by atoms with Gasteiger partial charge in [0.1, 0.15) is 17.2 Å². The Labute approximate surface area is 163 Å². The Hall–Kier alpha value is -1.41. The zero-order valence-electron chi connectivity index (χ0n) is 16.8. The zero-order valence-corrected chi connectivity index (χ0v) is 17.5. The van der Waals surface area contributed by atoms with E-state index in [0.29, 0.717) is 0 Å². The number of ether oxygens (including phenoxy) is 3. The summed E-state index contributed by atoms with van der Waals surface area (Å²) in [7, 11) is 0. The third-order valence-corrected chi connectivity index (χ3v) is 4.33. The Morgan fingerprint density at radius 3 is 2.41 bits per heavy atom. The molecule has 1 heterocycles. The summed E-state index contributed by atoms with van der Waals surface area (Å²) in [6, 6.07) is -0.873. The first-order valence-corrected chi connectivity index (χ1v) is 9.09. The van der Waals surface area contributed by atoms with Gasteiger partial charge in [-0.25, -0.2) is 4.79 Å². The van der Waals surface area contributed by atoms with E-state index < -0.39 is 46.3 Å². The van der Waals surface area contributed by atoms with E-state index in [0.717, 1.165) is 13.0 Å². The molecule has 6 nitrogen and oxygen atoms in total. The second kappa shape index (κ2) is 8.31. The highest BCUT2D eigenvalue weighted by Gasteiger charge is 2.49. The lowest BCUT2D eigenvalue weighted by Crippen LogP contribution is -2.49. The molecule has 1 aliphatic heterocycles. The summed E-state index contributed by atoms with van der Waals surface area (Å²) in [4.78, 5) is 25.4. The van der Waals surface area contributed by atoms with Gasteiger partial charge in [0.15, 0.2) is 0 Å². The highest BCUT2D eigenvalue weighted by molar-refractivity contribution is 6.30. The van der Waals surface area contributed by atoms with Crippen molar-refractivity contribution in [2.24, 2.45) is 5.92 Å². The van der Waals surface area contributed by atoms with Crippen molar-refractivity contribution in [1.82, 2.24) is 4.90 Å². The standard InChI is InChI=1S/C18H28ClF2NO5/c1-8-25-14(23)11(2)18(20,21)13(19)9-12-10-26-17(6,7)22(12)15(24)27-16(3,4)5/h9,11-12H,8,10H2,1-7H3/b13-9-/t11-,12-/m1/s1. The molecule has 0 aliphatic carbocycles. The van der Waals surface area contributed by atoms with Crippen LogP contribution in [-0.2, 0) is 19.0 Å². The topological polar surface area (TPSA) is 65.1 Å². The molecule has 156 valence electrons. The van der Waals surface area contributed by atoms with Crippen LogP contribution in [-0.4, -0.2) is 53.5 Å². The molecule has 1 amide bonds. The van der Waals surface area contributed by atoms with Gasteiger partial charge in [-0.3, -0.25) is 9.69 Å². The first-order valence-electron chi connectivity index (χ1n) is 8.72. The van der Waals surface area contributed by atoms with Crippen LogP contribution in [0.15, 0.2) is 11.1 Å². The van der Waals surface area contributed by atoms with Crippen LogP contribution < -0.4 is 0 Å². The lowest BCUT2D eigenvalue weighted by Gasteiger charge is -2.34. The second-order valence-corrected chi connectivity index (χ2v) is 8.19. The van der Waals surface area contributed by atoms with Crippen molar-refractivity contribution in [3.63, 3.8) is 0 Å². The van der Waals surface area contributed by atoms with E-state index in [2.05, 4.69) is 4.74 Å². The van der Waals surface area contributed by atoms with E-state index in [4.69, 9.17) is 21.1 Å². The molecule has 0 radical (unpaired) electrons. The molecule has 2 atom stereocenters. The van der Waals surface area contributed by atoms with Gasteiger partial charge in [0.05, 0.1) is 24.3 Å². The first-order chi connectivity index (χ1) is 12.1. The monoisotopic (exact) mass is 411 g/mol. The molecule has 0 unspecified atom stereocenters. The van der Waals surface area contributed by atoms with Crippen LogP contribution in [0.3, 0.4) is 0 Å². The average Bonchev–Trinajstić information content (AvgIpc) is 2.79. The summed E-state index contributed by atoms with van der Waals surface area (Å²) in [5.41, 5.74) is -1.83. The van der Waals surface area contributed by atoms with Crippen molar-refractivity contribution in [2.45, 2.75) is 71.8 Å². The number of amides is 1. The summed E-state index contributed by atoms with van der Waals surface area (Å²) < 4.78 is 44.6. The molecule has 1 aliphatic rings. The van der Waals surface area contributed by atoms with Gasteiger partial charge < -0.3 is 14.2 Å². The lowest BCUT2D eigenvalue weighted by atomic mass is 10.0. The minimum atomic E-state index is -3.65. The molecule has 0 bridgehead atoms. The fourth-order valence-electron chi connectivity index (χ4n) is 2.52. The van der Waals surface area contributed by atoms with Gasteiger partial charge in [-0.1, -0.05) is 11.6 Å². The number of alkyl halides is 2. The Morgan fingerprint density at radius 1 is 1.37 bits per heavy atom. The number of carbonyl (C=O) groups excluding carboxylic acids is 2. The van der Waals surface area contributed by atoms with Gasteiger partial charge in [-0.2, -0.15) is 8.78 Å². The fraction of sp³-hybridized carbons (Fsp3) is 0.778. The molecule has 0 aromatic carbocycles. The van der Waals surface area contributed by atoms with Crippen LogP contribution in [0.4, 0.5) is 13.6 Å². The Balaban J connectivity index is 3.11. The van der Waals surface area contributed by atoms with E-state index in [9.17, 15) is 18.4 Å². The van der Waals surface area contributed by atoms with E-state index in [1.165, 1.54) is 11.8 Å². The van der Waals surface area contributed by atoms with Crippen LogP contribution in [0, 0.1) is 5.92 Å². The Bertz CT molecular complexity index is 601. The molecule has 0 aromatic rings. The molecule has 1 fully saturated rings. The van der Waals surface area contributed by atoms with Crippen molar-refractivity contribution in [3.05, 3.63) is 11.1 Å². The van der Waals surface area contributed by atoms with Gasteiger partial charge in [0, 0.05) is 0 Å². The highest BCUT2D eigenvalue weighted by Crippen LogP contribution is 2.38. The SMILES string of the molecule is CCOC(=O)[C@@H](C)C(F)(F)/C(Cl)=C/[C@@H]1COC(C)(C)N1C(=O)OC(C)(C)C. The Morgan fingerprint density at radius 2 is 1.93 bits per heavy atom. The zero-order chi connectivity index (χ0) is 21.2. The number of rotatable bonds is 5. The summed E-state index contributed by atoms with van der Waals surface area (Å²) in [5.74, 6) is -6.48. The molecule has 0 aromatic heterocycles. The molecule has 0 spiro atoms. The first kappa shape index (κ1) is 23.6. The summed E-state index contributed by atoms with van der Waals surface area (Å²) in [6.07, 6.45) is 0.313. The number of hydrogen-bond donors (Lipinski definition) is 0. The van der Waals surface area contributed by atoms with Crippen LogP contribution in [0.2, 0.25) is 0 Å². The summed E-state index contributed by atoms with van der Waals surface area (Å²) in [5, 5.41) is -0.858. The number of carbonyl (C=O) groups is 2. The van der Waals surface area contributed by atoms with Crippen LogP contribution in [0.1, 0.15) is 48.5 Å². The van der Waals surface area contributed by atoms with Gasteiger partial charge in [0.25, 0.3) is 5.92 Å². The van der Waals surface area contributed by atoms with Gasteiger partial charge in [0.2, 0.25) is 0 Å².